The van der Waals surface area contributed by atoms with Gasteiger partial charge in [-0.05, 0) is 27.2 Å². The average molecular weight is 295 g/mol. The summed E-state index contributed by atoms with van der Waals surface area (Å²) in [4.78, 5) is 29.3. The van der Waals surface area contributed by atoms with Crippen molar-refractivity contribution >= 4 is 12.1 Å². The molecule has 0 fully saturated rings. The van der Waals surface area contributed by atoms with Crippen LogP contribution < -0.4 is 0 Å². The summed E-state index contributed by atoms with van der Waals surface area (Å²) in [6, 6.07) is 0. The quantitative estimate of drug-likeness (QED) is 0.900. The second kappa shape index (κ2) is 5.38. The fourth-order valence-corrected chi connectivity index (χ4v) is 2.35. The summed E-state index contributed by atoms with van der Waals surface area (Å²) in [7, 11) is 0. The van der Waals surface area contributed by atoms with Gasteiger partial charge in [0.2, 0.25) is 0 Å². The van der Waals surface area contributed by atoms with Gasteiger partial charge in [-0.15, -0.1) is 0 Å². The van der Waals surface area contributed by atoms with Crippen LogP contribution in [0.15, 0.2) is 0 Å². The number of aryl methyl sites for hydroxylation is 1. The number of carbonyl (C=O) groups excluding carboxylic acids is 1. The standard InChI is InChI=1S/C14H21N3O4/c1-5-9-11(12(18)19)17-7-6-16(8-10(17)15-9)13(20)21-14(2,3)4/h5-8H2,1-4H3,(H,18,19). The lowest BCUT2D eigenvalue weighted by Crippen LogP contribution is -2.42. The van der Waals surface area contributed by atoms with E-state index in [2.05, 4.69) is 4.98 Å². The number of amides is 1. The summed E-state index contributed by atoms with van der Waals surface area (Å²) < 4.78 is 7.02. The Labute approximate surface area is 123 Å². The Kier molecular flexibility index (Phi) is 3.93. The molecule has 0 bridgehead atoms. The van der Waals surface area contributed by atoms with E-state index in [1.54, 1.807) is 9.47 Å². The maximum Gasteiger partial charge on any atom is 0.410 e. The fourth-order valence-electron chi connectivity index (χ4n) is 2.35. The fraction of sp³-hybridized carbons (Fsp3) is 0.643. The SMILES string of the molecule is CCc1nc2n(c1C(=O)O)CCN(C(=O)OC(C)(C)C)C2. The number of rotatable bonds is 2. The van der Waals surface area contributed by atoms with Crippen molar-refractivity contribution in [1.82, 2.24) is 14.5 Å². The van der Waals surface area contributed by atoms with Gasteiger partial charge in [-0.1, -0.05) is 6.92 Å². The molecule has 0 atom stereocenters. The first kappa shape index (κ1) is 15.3. The van der Waals surface area contributed by atoms with Crippen LogP contribution in [0.3, 0.4) is 0 Å². The molecule has 0 saturated carbocycles. The molecule has 2 heterocycles. The monoisotopic (exact) mass is 295 g/mol. The average Bonchev–Trinajstić information content (AvgIpc) is 2.73. The van der Waals surface area contributed by atoms with E-state index >= 15 is 0 Å². The van der Waals surface area contributed by atoms with E-state index in [1.165, 1.54) is 0 Å². The minimum atomic E-state index is -0.976. The van der Waals surface area contributed by atoms with Crippen molar-refractivity contribution < 1.29 is 19.4 Å². The summed E-state index contributed by atoms with van der Waals surface area (Å²) in [6.07, 6.45) is 0.153. The van der Waals surface area contributed by atoms with Crippen molar-refractivity contribution in [3.05, 3.63) is 17.2 Å². The molecule has 1 amide bonds. The predicted octanol–water partition coefficient (Wildman–Crippen LogP) is 1.89. The number of nitrogens with zero attached hydrogens (tertiary/aromatic N) is 3. The van der Waals surface area contributed by atoms with Gasteiger partial charge in [0.15, 0.2) is 5.69 Å². The number of aromatic carboxylic acids is 1. The van der Waals surface area contributed by atoms with E-state index < -0.39 is 17.7 Å². The van der Waals surface area contributed by atoms with E-state index in [9.17, 15) is 14.7 Å². The van der Waals surface area contributed by atoms with Gasteiger partial charge >= 0.3 is 12.1 Å². The Bertz CT molecular complexity index is 572. The highest BCUT2D eigenvalue weighted by molar-refractivity contribution is 5.87. The number of hydrogen-bond acceptors (Lipinski definition) is 4. The molecule has 0 aromatic carbocycles. The van der Waals surface area contributed by atoms with Gasteiger partial charge in [0.25, 0.3) is 0 Å². The van der Waals surface area contributed by atoms with Gasteiger partial charge in [-0.25, -0.2) is 14.6 Å². The Morgan fingerprint density at radius 1 is 1.33 bits per heavy atom. The van der Waals surface area contributed by atoms with Gasteiger partial charge in [-0.3, -0.25) is 4.90 Å². The summed E-state index contributed by atoms with van der Waals surface area (Å²) in [5.74, 6) is -0.377. The second-order valence-electron chi connectivity index (χ2n) is 6.04. The molecule has 7 heteroatoms. The molecule has 0 radical (unpaired) electrons. The third kappa shape index (κ3) is 3.17. The lowest BCUT2D eigenvalue weighted by Gasteiger charge is -2.30. The molecule has 1 aromatic rings. The van der Waals surface area contributed by atoms with Crippen LogP contribution in [0.1, 0.15) is 49.7 Å². The number of ether oxygens (including phenoxy) is 1. The molecular weight excluding hydrogens is 274 g/mol. The minimum Gasteiger partial charge on any atom is -0.477 e. The zero-order valence-electron chi connectivity index (χ0n) is 12.8. The lowest BCUT2D eigenvalue weighted by atomic mass is 10.2. The van der Waals surface area contributed by atoms with E-state index in [4.69, 9.17) is 4.74 Å². The van der Waals surface area contributed by atoms with Crippen molar-refractivity contribution in [3.63, 3.8) is 0 Å². The van der Waals surface area contributed by atoms with Crippen LogP contribution in [0, 0.1) is 0 Å². The topological polar surface area (TPSA) is 84.7 Å². The highest BCUT2D eigenvalue weighted by atomic mass is 16.6. The first-order valence-corrected chi connectivity index (χ1v) is 7.02. The van der Waals surface area contributed by atoms with Crippen molar-refractivity contribution in [2.45, 2.75) is 52.8 Å². The van der Waals surface area contributed by atoms with Crippen LogP contribution in [0.5, 0.6) is 0 Å². The van der Waals surface area contributed by atoms with Crippen LogP contribution in [0.4, 0.5) is 4.79 Å². The van der Waals surface area contributed by atoms with E-state index in [0.717, 1.165) is 0 Å². The number of aromatic nitrogens is 2. The van der Waals surface area contributed by atoms with Crippen LogP contribution in [-0.4, -0.2) is 43.8 Å². The Hall–Kier alpha value is -2.05. The van der Waals surface area contributed by atoms with Gasteiger partial charge < -0.3 is 14.4 Å². The minimum absolute atomic E-state index is 0.233. The summed E-state index contributed by atoms with van der Waals surface area (Å²) in [6.45, 7) is 8.42. The molecule has 0 spiro atoms. The van der Waals surface area contributed by atoms with Crippen molar-refractivity contribution in [1.29, 1.82) is 0 Å². The summed E-state index contributed by atoms with van der Waals surface area (Å²) >= 11 is 0. The number of hydrogen-bond donors (Lipinski definition) is 1. The molecular formula is C14H21N3O4. The Balaban J connectivity index is 2.22. The maximum absolute atomic E-state index is 12.1. The third-order valence-electron chi connectivity index (χ3n) is 3.23. The maximum atomic E-state index is 12.1. The van der Waals surface area contributed by atoms with Crippen molar-refractivity contribution in [2.24, 2.45) is 0 Å². The van der Waals surface area contributed by atoms with Crippen LogP contribution in [0.25, 0.3) is 0 Å². The molecule has 0 unspecified atom stereocenters. The number of carbonyl (C=O) groups is 2. The van der Waals surface area contributed by atoms with E-state index in [1.807, 2.05) is 27.7 Å². The number of fused-ring (bicyclic) bond motifs is 1. The third-order valence-corrected chi connectivity index (χ3v) is 3.23. The number of carboxylic acids is 1. The number of carboxylic acid groups (broad SMARTS) is 1. The lowest BCUT2D eigenvalue weighted by molar-refractivity contribution is 0.0194. The predicted molar refractivity (Wildman–Crippen MR) is 75.2 cm³/mol. The van der Waals surface area contributed by atoms with Gasteiger partial charge in [0.05, 0.1) is 12.2 Å². The highest BCUT2D eigenvalue weighted by Crippen LogP contribution is 2.20. The number of imidazole rings is 1. The van der Waals surface area contributed by atoms with Crippen LogP contribution >= 0.6 is 0 Å². The Morgan fingerprint density at radius 3 is 2.52 bits per heavy atom. The smallest absolute Gasteiger partial charge is 0.410 e. The van der Waals surface area contributed by atoms with Gasteiger partial charge in [0.1, 0.15) is 11.4 Å². The molecule has 0 saturated heterocycles. The molecule has 1 aliphatic heterocycles. The highest BCUT2D eigenvalue weighted by Gasteiger charge is 2.30. The largest absolute Gasteiger partial charge is 0.477 e. The molecule has 2 rings (SSSR count). The second-order valence-corrected chi connectivity index (χ2v) is 6.04. The molecule has 116 valence electrons. The molecule has 1 N–H and O–H groups in total. The van der Waals surface area contributed by atoms with Crippen LogP contribution in [-0.2, 0) is 24.2 Å². The molecule has 1 aliphatic rings. The first-order chi connectivity index (χ1) is 9.73. The van der Waals surface area contributed by atoms with Gasteiger partial charge in [-0.2, -0.15) is 0 Å². The molecule has 7 nitrogen and oxygen atoms in total. The summed E-state index contributed by atoms with van der Waals surface area (Å²) in [5.41, 5.74) is 0.241. The zero-order valence-corrected chi connectivity index (χ0v) is 12.8. The van der Waals surface area contributed by atoms with E-state index in [-0.39, 0.29) is 12.2 Å². The van der Waals surface area contributed by atoms with Crippen LogP contribution in [0.2, 0.25) is 0 Å². The Morgan fingerprint density at radius 2 is 2.00 bits per heavy atom. The summed E-state index contributed by atoms with van der Waals surface area (Å²) in [5, 5.41) is 9.30. The molecule has 0 aliphatic carbocycles. The molecule has 1 aromatic heterocycles. The van der Waals surface area contributed by atoms with E-state index in [0.29, 0.717) is 31.0 Å². The van der Waals surface area contributed by atoms with Crippen molar-refractivity contribution in [3.8, 4) is 0 Å². The van der Waals surface area contributed by atoms with Gasteiger partial charge in [0, 0.05) is 13.1 Å². The first-order valence-electron chi connectivity index (χ1n) is 7.02. The normalized spacial score (nSPS) is 14.8. The zero-order chi connectivity index (χ0) is 15.8. The molecule has 21 heavy (non-hydrogen) atoms. The van der Waals surface area contributed by atoms with Crippen molar-refractivity contribution in [2.75, 3.05) is 6.54 Å².